The van der Waals surface area contributed by atoms with Gasteiger partial charge in [0, 0.05) is 6.54 Å². The first-order valence-electron chi connectivity index (χ1n) is 5.23. The molecular formula is C11H15ClN2O2. The van der Waals surface area contributed by atoms with Gasteiger partial charge in [-0.25, -0.2) is 0 Å². The fraction of sp³-hybridized carbons (Fsp3) is 0.455. The predicted molar refractivity (Wildman–Crippen MR) is 66.1 cm³/mol. The summed E-state index contributed by atoms with van der Waals surface area (Å²) in [4.78, 5) is 10.4. The third-order valence-electron chi connectivity index (χ3n) is 2.51. The molecule has 0 aromatic heterocycles. The molecule has 0 saturated heterocycles. The van der Waals surface area contributed by atoms with Crippen LogP contribution in [0.15, 0.2) is 18.2 Å². The van der Waals surface area contributed by atoms with E-state index in [0.29, 0.717) is 18.2 Å². The maximum Gasteiger partial charge on any atom is 0.310 e. The molecule has 16 heavy (non-hydrogen) atoms. The summed E-state index contributed by atoms with van der Waals surface area (Å²) in [7, 11) is 0. The summed E-state index contributed by atoms with van der Waals surface area (Å²) < 4.78 is 0. The molecule has 0 heterocycles. The van der Waals surface area contributed by atoms with Gasteiger partial charge in [0.15, 0.2) is 0 Å². The summed E-state index contributed by atoms with van der Waals surface area (Å²) >= 11 is 5.79. The van der Waals surface area contributed by atoms with Crippen LogP contribution in [0.5, 0.6) is 0 Å². The van der Waals surface area contributed by atoms with Gasteiger partial charge in [0.2, 0.25) is 0 Å². The highest BCUT2D eigenvalue weighted by atomic mass is 35.5. The Balaban J connectivity index is 2.87. The van der Waals surface area contributed by atoms with Gasteiger partial charge in [-0.3, -0.25) is 10.1 Å². The van der Waals surface area contributed by atoms with E-state index in [2.05, 4.69) is 19.2 Å². The van der Waals surface area contributed by atoms with Gasteiger partial charge in [0.1, 0.15) is 10.7 Å². The average Bonchev–Trinajstić information content (AvgIpc) is 2.25. The molecule has 1 aromatic rings. The van der Waals surface area contributed by atoms with Crippen LogP contribution in [0, 0.1) is 16.0 Å². The van der Waals surface area contributed by atoms with Crippen molar-refractivity contribution in [3.8, 4) is 0 Å². The van der Waals surface area contributed by atoms with Crippen molar-refractivity contribution in [3.05, 3.63) is 33.3 Å². The lowest BCUT2D eigenvalue weighted by atomic mass is 10.1. The van der Waals surface area contributed by atoms with Gasteiger partial charge in [-0.15, -0.1) is 0 Å². The molecular weight excluding hydrogens is 228 g/mol. The van der Waals surface area contributed by atoms with Crippen molar-refractivity contribution in [3.63, 3.8) is 0 Å². The number of nitro benzene ring substituents is 1. The molecule has 88 valence electrons. The Morgan fingerprint density at radius 2 is 2.25 bits per heavy atom. The van der Waals surface area contributed by atoms with Crippen LogP contribution < -0.4 is 5.32 Å². The van der Waals surface area contributed by atoms with E-state index in [4.69, 9.17) is 11.6 Å². The minimum atomic E-state index is -0.457. The highest BCUT2D eigenvalue weighted by Crippen LogP contribution is 2.32. The average molecular weight is 243 g/mol. The van der Waals surface area contributed by atoms with Crippen LogP contribution >= 0.6 is 11.6 Å². The summed E-state index contributed by atoms with van der Waals surface area (Å²) in [6, 6.07) is 4.90. The first kappa shape index (κ1) is 12.8. The molecule has 1 N–H and O–H groups in total. The van der Waals surface area contributed by atoms with E-state index in [9.17, 15) is 10.1 Å². The first-order chi connectivity index (χ1) is 7.56. The van der Waals surface area contributed by atoms with Crippen LogP contribution in [0.3, 0.4) is 0 Å². The number of rotatable bonds is 5. The lowest BCUT2D eigenvalue weighted by molar-refractivity contribution is -0.383. The van der Waals surface area contributed by atoms with Crippen molar-refractivity contribution in [1.82, 2.24) is 0 Å². The zero-order valence-corrected chi connectivity index (χ0v) is 10.1. The van der Waals surface area contributed by atoms with Crippen LogP contribution in [-0.4, -0.2) is 11.5 Å². The molecule has 1 aromatic carbocycles. The van der Waals surface area contributed by atoms with Gasteiger partial charge >= 0.3 is 5.69 Å². The van der Waals surface area contributed by atoms with E-state index in [-0.39, 0.29) is 10.7 Å². The Kier molecular flexibility index (Phi) is 4.55. The van der Waals surface area contributed by atoms with Crippen LogP contribution in [0.4, 0.5) is 11.4 Å². The Hall–Kier alpha value is -1.29. The summed E-state index contributed by atoms with van der Waals surface area (Å²) in [6.45, 7) is 4.87. The minimum absolute atomic E-state index is 0.0486. The molecule has 0 aliphatic heterocycles. The van der Waals surface area contributed by atoms with Gasteiger partial charge in [0.05, 0.1) is 4.92 Å². The zero-order chi connectivity index (χ0) is 12.1. The van der Waals surface area contributed by atoms with Crippen molar-refractivity contribution in [2.24, 2.45) is 5.92 Å². The van der Waals surface area contributed by atoms with Gasteiger partial charge in [-0.1, -0.05) is 37.9 Å². The van der Waals surface area contributed by atoms with Gasteiger partial charge < -0.3 is 5.32 Å². The SMILES string of the molecule is CCC(C)CNc1cccc(Cl)c1[N+](=O)[O-]. The second-order valence-electron chi connectivity index (χ2n) is 3.79. The van der Waals surface area contributed by atoms with Gasteiger partial charge in [0.25, 0.3) is 0 Å². The maximum atomic E-state index is 10.8. The Morgan fingerprint density at radius 3 is 2.81 bits per heavy atom. The fourth-order valence-corrected chi connectivity index (χ4v) is 1.52. The van der Waals surface area contributed by atoms with Crippen molar-refractivity contribution in [2.75, 3.05) is 11.9 Å². The van der Waals surface area contributed by atoms with E-state index in [1.54, 1.807) is 12.1 Å². The van der Waals surface area contributed by atoms with E-state index in [1.165, 1.54) is 6.07 Å². The molecule has 0 amide bonds. The number of nitro groups is 1. The fourth-order valence-electron chi connectivity index (χ4n) is 1.27. The molecule has 0 fully saturated rings. The Bertz CT molecular complexity index is 382. The lowest BCUT2D eigenvalue weighted by Gasteiger charge is -2.11. The van der Waals surface area contributed by atoms with E-state index >= 15 is 0 Å². The monoisotopic (exact) mass is 242 g/mol. The van der Waals surface area contributed by atoms with Crippen molar-refractivity contribution in [2.45, 2.75) is 20.3 Å². The molecule has 0 bridgehead atoms. The number of hydrogen-bond donors (Lipinski definition) is 1. The summed E-state index contributed by atoms with van der Waals surface area (Å²) in [5.74, 6) is 0.471. The minimum Gasteiger partial charge on any atom is -0.379 e. The third-order valence-corrected chi connectivity index (χ3v) is 2.81. The smallest absolute Gasteiger partial charge is 0.310 e. The standard InChI is InChI=1S/C11H15ClN2O2/c1-3-8(2)7-13-10-6-4-5-9(12)11(10)14(15)16/h4-6,8,13H,3,7H2,1-2H3. The Labute approximate surface area is 99.8 Å². The molecule has 0 spiro atoms. The van der Waals surface area contributed by atoms with E-state index in [0.717, 1.165) is 6.42 Å². The highest BCUT2D eigenvalue weighted by molar-refractivity contribution is 6.33. The predicted octanol–water partition coefficient (Wildman–Crippen LogP) is 3.71. The lowest BCUT2D eigenvalue weighted by Crippen LogP contribution is -2.11. The third kappa shape index (κ3) is 3.10. The van der Waals surface area contributed by atoms with Crippen LogP contribution in [0.25, 0.3) is 0 Å². The van der Waals surface area contributed by atoms with E-state index < -0.39 is 4.92 Å². The number of halogens is 1. The molecule has 1 atom stereocenters. The number of nitrogens with zero attached hydrogens (tertiary/aromatic N) is 1. The number of benzene rings is 1. The van der Waals surface area contributed by atoms with Crippen LogP contribution in [0.2, 0.25) is 5.02 Å². The largest absolute Gasteiger partial charge is 0.379 e. The van der Waals surface area contributed by atoms with E-state index in [1.807, 2.05) is 0 Å². The number of para-hydroxylation sites is 1. The normalized spacial score (nSPS) is 12.2. The van der Waals surface area contributed by atoms with Crippen LogP contribution in [0.1, 0.15) is 20.3 Å². The number of hydrogen-bond acceptors (Lipinski definition) is 3. The molecule has 1 rings (SSSR count). The Morgan fingerprint density at radius 1 is 1.56 bits per heavy atom. The molecule has 4 nitrogen and oxygen atoms in total. The highest BCUT2D eigenvalue weighted by Gasteiger charge is 2.18. The quantitative estimate of drug-likeness (QED) is 0.633. The molecule has 0 saturated carbocycles. The molecule has 1 unspecified atom stereocenters. The van der Waals surface area contributed by atoms with Gasteiger partial charge in [-0.05, 0) is 18.1 Å². The summed E-state index contributed by atoms with van der Waals surface area (Å²) in [6.07, 6.45) is 1.03. The number of nitrogens with one attached hydrogen (secondary N) is 1. The summed E-state index contributed by atoms with van der Waals surface area (Å²) in [5, 5.41) is 14.1. The molecule has 0 aliphatic carbocycles. The summed E-state index contributed by atoms with van der Waals surface area (Å²) in [5.41, 5.74) is 0.435. The molecule has 0 aliphatic rings. The van der Waals surface area contributed by atoms with Crippen molar-refractivity contribution in [1.29, 1.82) is 0 Å². The van der Waals surface area contributed by atoms with Crippen molar-refractivity contribution < 1.29 is 4.92 Å². The zero-order valence-electron chi connectivity index (χ0n) is 9.37. The molecule has 0 radical (unpaired) electrons. The van der Waals surface area contributed by atoms with Crippen LogP contribution in [-0.2, 0) is 0 Å². The van der Waals surface area contributed by atoms with Crippen molar-refractivity contribution >= 4 is 23.0 Å². The molecule has 5 heteroatoms. The first-order valence-corrected chi connectivity index (χ1v) is 5.60. The second-order valence-corrected chi connectivity index (χ2v) is 4.19. The number of anilines is 1. The topological polar surface area (TPSA) is 55.2 Å². The second kappa shape index (κ2) is 5.70. The maximum absolute atomic E-state index is 10.8. The van der Waals surface area contributed by atoms with Gasteiger partial charge in [-0.2, -0.15) is 0 Å².